The van der Waals surface area contributed by atoms with Gasteiger partial charge in [0.15, 0.2) is 0 Å². The van der Waals surface area contributed by atoms with Crippen LogP contribution in [0.15, 0.2) is 0 Å². The molecule has 0 aromatic carbocycles. The standard InChI is InChI=1S/C7H14FNO3/c1-6(2,5(10)9-12)7(3,11)4-8/h11-12H,4H2,1-3H3,(H,9,10). The summed E-state index contributed by atoms with van der Waals surface area (Å²) in [6.45, 7) is 2.84. The SMILES string of the molecule is CC(O)(CF)C(C)(C)C(=O)NO. The Labute approximate surface area is 70.3 Å². The zero-order valence-electron chi connectivity index (χ0n) is 7.39. The van der Waals surface area contributed by atoms with Crippen LogP contribution in [0.4, 0.5) is 4.39 Å². The maximum Gasteiger partial charge on any atom is 0.251 e. The number of halogens is 1. The van der Waals surface area contributed by atoms with Crippen molar-refractivity contribution in [3.63, 3.8) is 0 Å². The van der Waals surface area contributed by atoms with E-state index in [0.717, 1.165) is 0 Å². The number of carbonyl (C=O) groups is 1. The molecule has 0 saturated carbocycles. The van der Waals surface area contributed by atoms with Crippen LogP contribution < -0.4 is 5.48 Å². The van der Waals surface area contributed by atoms with Gasteiger partial charge in [-0.25, -0.2) is 9.87 Å². The molecule has 0 aromatic rings. The molecule has 72 valence electrons. The summed E-state index contributed by atoms with van der Waals surface area (Å²) < 4.78 is 12.3. The van der Waals surface area contributed by atoms with Gasteiger partial charge in [-0.05, 0) is 20.8 Å². The van der Waals surface area contributed by atoms with Gasteiger partial charge in [0.2, 0.25) is 0 Å². The highest BCUT2D eigenvalue weighted by Gasteiger charge is 2.45. The molecule has 1 unspecified atom stereocenters. The number of alkyl halides is 1. The van der Waals surface area contributed by atoms with Crippen molar-refractivity contribution < 1.29 is 19.5 Å². The number of aliphatic hydroxyl groups is 1. The number of carbonyl (C=O) groups excluding carboxylic acids is 1. The first-order valence-corrected chi connectivity index (χ1v) is 3.52. The van der Waals surface area contributed by atoms with Crippen molar-refractivity contribution in [2.45, 2.75) is 26.4 Å². The Kier molecular flexibility index (Phi) is 3.17. The van der Waals surface area contributed by atoms with E-state index >= 15 is 0 Å². The lowest BCUT2D eigenvalue weighted by molar-refractivity contribution is -0.155. The highest BCUT2D eigenvalue weighted by Crippen LogP contribution is 2.31. The molecule has 0 saturated heterocycles. The third-order valence-corrected chi connectivity index (χ3v) is 2.28. The molecular formula is C7H14FNO3. The quantitative estimate of drug-likeness (QED) is 0.429. The molecule has 0 heterocycles. The van der Waals surface area contributed by atoms with Crippen LogP contribution in [0.5, 0.6) is 0 Å². The second kappa shape index (κ2) is 3.37. The molecule has 1 amide bonds. The monoisotopic (exact) mass is 179 g/mol. The van der Waals surface area contributed by atoms with Crippen molar-refractivity contribution >= 4 is 5.91 Å². The van der Waals surface area contributed by atoms with E-state index in [2.05, 4.69) is 0 Å². The zero-order chi connectivity index (χ0) is 9.99. The molecule has 0 aromatic heterocycles. The number of nitrogens with one attached hydrogen (secondary N) is 1. The number of hydroxylamine groups is 1. The Morgan fingerprint density at radius 3 is 2.17 bits per heavy atom. The van der Waals surface area contributed by atoms with Gasteiger partial charge >= 0.3 is 0 Å². The third kappa shape index (κ3) is 1.73. The fraction of sp³-hybridized carbons (Fsp3) is 0.857. The van der Waals surface area contributed by atoms with Gasteiger partial charge in [0.05, 0.1) is 5.41 Å². The van der Waals surface area contributed by atoms with Gasteiger partial charge in [-0.15, -0.1) is 0 Å². The second-order valence-electron chi connectivity index (χ2n) is 3.47. The number of amides is 1. The Morgan fingerprint density at radius 1 is 1.50 bits per heavy atom. The van der Waals surface area contributed by atoms with Crippen LogP contribution in [0.25, 0.3) is 0 Å². The minimum atomic E-state index is -1.78. The van der Waals surface area contributed by atoms with Gasteiger partial charge in [-0.3, -0.25) is 10.0 Å². The Hall–Kier alpha value is -0.680. The van der Waals surface area contributed by atoms with Gasteiger partial charge in [0, 0.05) is 0 Å². The highest BCUT2D eigenvalue weighted by atomic mass is 19.1. The summed E-state index contributed by atoms with van der Waals surface area (Å²) in [6, 6.07) is 0. The fourth-order valence-electron chi connectivity index (χ4n) is 0.551. The summed E-state index contributed by atoms with van der Waals surface area (Å²) >= 11 is 0. The van der Waals surface area contributed by atoms with E-state index in [1.54, 1.807) is 0 Å². The lowest BCUT2D eigenvalue weighted by atomic mass is 9.76. The van der Waals surface area contributed by atoms with Gasteiger partial charge in [-0.1, -0.05) is 0 Å². The van der Waals surface area contributed by atoms with Gasteiger partial charge in [0.25, 0.3) is 5.91 Å². The molecule has 0 fully saturated rings. The van der Waals surface area contributed by atoms with Crippen LogP contribution in [0.3, 0.4) is 0 Å². The van der Waals surface area contributed by atoms with Crippen LogP contribution in [0, 0.1) is 5.41 Å². The van der Waals surface area contributed by atoms with E-state index in [4.69, 9.17) is 5.21 Å². The maximum atomic E-state index is 12.3. The van der Waals surface area contributed by atoms with Crippen molar-refractivity contribution in [1.29, 1.82) is 0 Å². The molecule has 3 N–H and O–H groups in total. The average molecular weight is 179 g/mol. The number of rotatable bonds is 3. The molecule has 4 nitrogen and oxygen atoms in total. The van der Waals surface area contributed by atoms with Crippen molar-refractivity contribution in [2.75, 3.05) is 6.67 Å². The highest BCUT2D eigenvalue weighted by molar-refractivity contribution is 5.82. The fourth-order valence-corrected chi connectivity index (χ4v) is 0.551. The number of hydrogen-bond donors (Lipinski definition) is 3. The molecule has 0 radical (unpaired) electrons. The number of hydrogen-bond acceptors (Lipinski definition) is 3. The van der Waals surface area contributed by atoms with E-state index in [-0.39, 0.29) is 0 Å². The average Bonchev–Trinajstić information content (AvgIpc) is 2.02. The molecule has 1 atom stereocenters. The predicted molar refractivity (Wildman–Crippen MR) is 40.3 cm³/mol. The Bertz CT molecular complexity index is 179. The minimum Gasteiger partial charge on any atom is -0.386 e. The molecule has 0 aliphatic heterocycles. The molecule has 0 rings (SSSR count). The van der Waals surface area contributed by atoms with E-state index in [1.165, 1.54) is 26.3 Å². The van der Waals surface area contributed by atoms with E-state index in [0.29, 0.717) is 0 Å². The summed E-state index contributed by atoms with van der Waals surface area (Å²) in [5.74, 6) is -0.815. The lowest BCUT2D eigenvalue weighted by Crippen LogP contribution is -2.52. The van der Waals surface area contributed by atoms with Crippen LogP contribution in [-0.2, 0) is 4.79 Å². The molecule has 0 spiro atoms. The van der Waals surface area contributed by atoms with Crippen LogP contribution in [-0.4, -0.2) is 28.5 Å². The maximum absolute atomic E-state index is 12.3. The topological polar surface area (TPSA) is 69.6 Å². The smallest absolute Gasteiger partial charge is 0.251 e. The summed E-state index contributed by atoms with van der Waals surface area (Å²) in [6.07, 6.45) is 0. The van der Waals surface area contributed by atoms with Gasteiger partial charge < -0.3 is 5.11 Å². The lowest BCUT2D eigenvalue weighted by Gasteiger charge is -2.35. The van der Waals surface area contributed by atoms with Gasteiger partial charge in [0.1, 0.15) is 12.3 Å². The third-order valence-electron chi connectivity index (χ3n) is 2.28. The first-order valence-electron chi connectivity index (χ1n) is 3.52. The molecule has 0 bridgehead atoms. The van der Waals surface area contributed by atoms with Crippen molar-refractivity contribution in [2.24, 2.45) is 5.41 Å². The second-order valence-corrected chi connectivity index (χ2v) is 3.47. The summed E-state index contributed by atoms with van der Waals surface area (Å²) in [7, 11) is 0. The molecule has 0 aliphatic rings. The largest absolute Gasteiger partial charge is 0.386 e. The Balaban J connectivity index is 4.71. The van der Waals surface area contributed by atoms with Crippen LogP contribution in [0.2, 0.25) is 0 Å². The van der Waals surface area contributed by atoms with Gasteiger partial charge in [-0.2, -0.15) is 0 Å². The van der Waals surface area contributed by atoms with E-state index in [1.807, 2.05) is 0 Å². The molecular weight excluding hydrogens is 165 g/mol. The summed E-state index contributed by atoms with van der Waals surface area (Å²) in [5, 5.41) is 17.7. The predicted octanol–water partition coefficient (Wildman–Crippen LogP) is 0.239. The summed E-state index contributed by atoms with van der Waals surface area (Å²) in [4.78, 5) is 11.0. The van der Waals surface area contributed by atoms with Crippen molar-refractivity contribution in [3.8, 4) is 0 Å². The van der Waals surface area contributed by atoms with Crippen molar-refractivity contribution in [3.05, 3.63) is 0 Å². The first kappa shape index (κ1) is 11.3. The van der Waals surface area contributed by atoms with E-state index < -0.39 is 23.6 Å². The van der Waals surface area contributed by atoms with E-state index in [9.17, 15) is 14.3 Å². The Morgan fingerprint density at radius 2 is 1.92 bits per heavy atom. The minimum absolute atomic E-state index is 0.815. The zero-order valence-corrected chi connectivity index (χ0v) is 7.39. The normalized spacial score (nSPS) is 16.8. The molecule has 12 heavy (non-hydrogen) atoms. The van der Waals surface area contributed by atoms with Crippen LogP contribution >= 0.6 is 0 Å². The summed E-state index contributed by atoms with van der Waals surface area (Å²) in [5.41, 5.74) is -1.76. The molecule has 5 heteroatoms. The van der Waals surface area contributed by atoms with Crippen LogP contribution in [0.1, 0.15) is 20.8 Å². The first-order chi connectivity index (χ1) is 5.29. The molecule has 0 aliphatic carbocycles. The van der Waals surface area contributed by atoms with Crippen molar-refractivity contribution in [1.82, 2.24) is 5.48 Å².